The third-order valence-electron chi connectivity index (χ3n) is 2.66. The van der Waals surface area contributed by atoms with Crippen molar-refractivity contribution < 1.29 is 4.79 Å². The molecule has 0 saturated carbocycles. The van der Waals surface area contributed by atoms with Crippen LogP contribution in [0.1, 0.15) is 25.7 Å². The lowest BCUT2D eigenvalue weighted by Gasteiger charge is -2.21. The quantitative estimate of drug-likeness (QED) is 0.723. The summed E-state index contributed by atoms with van der Waals surface area (Å²) in [6.45, 7) is 1.87. The van der Waals surface area contributed by atoms with Gasteiger partial charge in [-0.25, -0.2) is 0 Å². The van der Waals surface area contributed by atoms with Gasteiger partial charge < -0.3 is 10.2 Å². The monoisotopic (exact) mass is 230 g/mol. The van der Waals surface area contributed by atoms with Gasteiger partial charge in [-0.15, -0.1) is 0 Å². The molecular weight excluding hydrogens is 208 g/mol. The van der Waals surface area contributed by atoms with E-state index in [1.165, 1.54) is 25.0 Å². The van der Waals surface area contributed by atoms with Crippen LogP contribution in [0.2, 0.25) is 0 Å². The third kappa shape index (κ3) is 5.42. The summed E-state index contributed by atoms with van der Waals surface area (Å²) in [6.07, 6.45) is 4.69. The van der Waals surface area contributed by atoms with E-state index in [9.17, 15) is 4.79 Å². The molecule has 0 spiro atoms. The van der Waals surface area contributed by atoms with Crippen LogP contribution in [-0.4, -0.2) is 49.0 Å². The van der Waals surface area contributed by atoms with Crippen molar-refractivity contribution in [3.8, 4) is 0 Å². The van der Waals surface area contributed by atoms with Crippen molar-refractivity contribution in [3.05, 3.63) is 0 Å². The Bertz CT molecular complexity index is 191. The SMILES string of the molecule is CN(C)C(=O)CCNCC1CCCCS1. The van der Waals surface area contributed by atoms with Gasteiger partial charge in [0, 0.05) is 38.9 Å². The molecule has 0 aliphatic carbocycles. The standard InChI is InChI=1S/C11H22N2OS/c1-13(2)11(14)6-7-12-9-10-5-3-4-8-15-10/h10,12H,3-9H2,1-2H3. The molecule has 1 atom stereocenters. The van der Waals surface area contributed by atoms with Gasteiger partial charge in [-0.1, -0.05) is 6.42 Å². The smallest absolute Gasteiger partial charge is 0.223 e. The van der Waals surface area contributed by atoms with Crippen molar-refractivity contribution in [2.24, 2.45) is 0 Å². The molecule has 15 heavy (non-hydrogen) atoms. The molecule has 0 radical (unpaired) electrons. The van der Waals surface area contributed by atoms with Crippen LogP contribution in [0.15, 0.2) is 0 Å². The predicted octanol–water partition coefficient (Wildman–Crippen LogP) is 1.34. The Labute approximate surface area is 97.0 Å². The van der Waals surface area contributed by atoms with E-state index in [0.29, 0.717) is 6.42 Å². The third-order valence-corrected chi connectivity index (χ3v) is 4.06. The van der Waals surface area contributed by atoms with Crippen LogP contribution in [0.25, 0.3) is 0 Å². The number of carbonyl (C=O) groups excluding carboxylic acids is 1. The largest absolute Gasteiger partial charge is 0.349 e. The second kappa shape index (κ2) is 7.12. The van der Waals surface area contributed by atoms with Gasteiger partial charge in [0.2, 0.25) is 5.91 Å². The van der Waals surface area contributed by atoms with E-state index >= 15 is 0 Å². The van der Waals surface area contributed by atoms with Crippen molar-refractivity contribution in [2.75, 3.05) is 32.9 Å². The van der Waals surface area contributed by atoms with Crippen molar-refractivity contribution in [1.29, 1.82) is 0 Å². The van der Waals surface area contributed by atoms with E-state index in [1.807, 2.05) is 0 Å². The van der Waals surface area contributed by atoms with Crippen molar-refractivity contribution in [3.63, 3.8) is 0 Å². The zero-order chi connectivity index (χ0) is 11.1. The van der Waals surface area contributed by atoms with Crippen LogP contribution < -0.4 is 5.32 Å². The fraction of sp³-hybridized carbons (Fsp3) is 0.909. The Morgan fingerprint density at radius 2 is 2.27 bits per heavy atom. The number of nitrogens with one attached hydrogen (secondary N) is 1. The highest BCUT2D eigenvalue weighted by atomic mass is 32.2. The zero-order valence-electron chi connectivity index (χ0n) is 9.79. The molecular formula is C11H22N2OS. The molecule has 0 aromatic rings. The van der Waals surface area contributed by atoms with Crippen LogP contribution >= 0.6 is 11.8 Å². The van der Waals surface area contributed by atoms with E-state index < -0.39 is 0 Å². The van der Waals surface area contributed by atoms with Crippen molar-refractivity contribution in [1.82, 2.24) is 10.2 Å². The van der Waals surface area contributed by atoms with E-state index in [-0.39, 0.29) is 5.91 Å². The van der Waals surface area contributed by atoms with E-state index in [1.54, 1.807) is 19.0 Å². The second-order valence-corrected chi connectivity index (χ2v) is 5.64. The molecule has 1 amide bonds. The predicted molar refractivity (Wildman–Crippen MR) is 66.3 cm³/mol. The van der Waals surface area contributed by atoms with Gasteiger partial charge in [0.1, 0.15) is 0 Å². The second-order valence-electron chi connectivity index (χ2n) is 4.23. The van der Waals surface area contributed by atoms with Gasteiger partial charge in [-0.2, -0.15) is 11.8 Å². The Kier molecular flexibility index (Phi) is 6.10. The summed E-state index contributed by atoms with van der Waals surface area (Å²) in [7, 11) is 3.61. The lowest BCUT2D eigenvalue weighted by molar-refractivity contribution is -0.128. The first kappa shape index (κ1) is 12.8. The maximum Gasteiger partial charge on any atom is 0.223 e. The molecule has 1 saturated heterocycles. The van der Waals surface area contributed by atoms with Crippen LogP contribution in [0, 0.1) is 0 Å². The summed E-state index contributed by atoms with van der Waals surface area (Å²) in [4.78, 5) is 12.9. The van der Waals surface area contributed by atoms with Gasteiger partial charge in [0.05, 0.1) is 0 Å². The molecule has 1 heterocycles. The summed E-state index contributed by atoms with van der Waals surface area (Å²) < 4.78 is 0. The fourth-order valence-electron chi connectivity index (χ4n) is 1.65. The summed E-state index contributed by atoms with van der Waals surface area (Å²) in [5, 5.41) is 4.14. The number of nitrogens with zero attached hydrogens (tertiary/aromatic N) is 1. The molecule has 1 N–H and O–H groups in total. The number of thioether (sulfide) groups is 1. The molecule has 0 aromatic heterocycles. The average molecular weight is 230 g/mol. The number of rotatable bonds is 5. The van der Waals surface area contributed by atoms with Crippen molar-refractivity contribution in [2.45, 2.75) is 30.9 Å². The highest BCUT2D eigenvalue weighted by Crippen LogP contribution is 2.24. The molecule has 0 aromatic carbocycles. The Hall–Kier alpha value is -0.220. The molecule has 3 nitrogen and oxygen atoms in total. The highest BCUT2D eigenvalue weighted by Gasteiger charge is 2.13. The topological polar surface area (TPSA) is 32.3 Å². The maximum atomic E-state index is 11.3. The zero-order valence-corrected chi connectivity index (χ0v) is 10.6. The summed E-state index contributed by atoms with van der Waals surface area (Å²) in [5.74, 6) is 1.52. The first-order valence-corrected chi connectivity index (χ1v) is 6.77. The lowest BCUT2D eigenvalue weighted by atomic mass is 10.2. The van der Waals surface area contributed by atoms with Gasteiger partial charge in [0.15, 0.2) is 0 Å². The molecule has 1 fully saturated rings. The van der Waals surface area contributed by atoms with E-state index in [2.05, 4.69) is 17.1 Å². The van der Waals surface area contributed by atoms with Gasteiger partial charge in [0.25, 0.3) is 0 Å². The molecule has 1 unspecified atom stereocenters. The molecule has 1 rings (SSSR count). The lowest BCUT2D eigenvalue weighted by Crippen LogP contribution is -2.31. The Morgan fingerprint density at radius 1 is 1.47 bits per heavy atom. The van der Waals surface area contributed by atoms with Crippen LogP contribution in [-0.2, 0) is 4.79 Å². The number of hydrogen-bond acceptors (Lipinski definition) is 3. The first-order chi connectivity index (χ1) is 7.20. The van der Waals surface area contributed by atoms with Gasteiger partial charge in [-0.05, 0) is 18.6 Å². The molecule has 1 aliphatic rings. The van der Waals surface area contributed by atoms with Crippen LogP contribution in [0.5, 0.6) is 0 Å². The Balaban J connectivity index is 1.98. The minimum atomic E-state index is 0.207. The number of carbonyl (C=O) groups is 1. The minimum absolute atomic E-state index is 0.207. The van der Waals surface area contributed by atoms with Crippen LogP contribution in [0.3, 0.4) is 0 Å². The summed E-state index contributed by atoms with van der Waals surface area (Å²) in [5.41, 5.74) is 0. The van der Waals surface area contributed by atoms with Gasteiger partial charge in [-0.3, -0.25) is 4.79 Å². The van der Waals surface area contributed by atoms with Crippen molar-refractivity contribution >= 4 is 17.7 Å². The average Bonchev–Trinajstić information content (AvgIpc) is 2.25. The summed E-state index contributed by atoms with van der Waals surface area (Å²) >= 11 is 2.07. The highest BCUT2D eigenvalue weighted by molar-refractivity contribution is 7.99. The minimum Gasteiger partial charge on any atom is -0.349 e. The van der Waals surface area contributed by atoms with Gasteiger partial charge >= 0.3 is 0 Å². The maximum absolute atomic E-state index is 11.3. The number of hydrogen-bond donors (Lipinski definition) is 1. The normalized spacial score (nSPS) is 21.3. The molecule has 4 heteroatoms. The molecule has 1 aliphatic heterocycles. The molecule has 88 valence electrons. The first-order valence-electron chi connectivity index (χ1n) is 5.72. The Morgan fingerprint density at radius 3 is 2.87 bits per heavy atom. The molecule has 0 bridgehead atoms. The number of amides is 1. The van der Waals surface area contributed by atoms with E-state index in [4.69, 9.17) is 0 Å². The van der Waals surface area contributed by atoms with Crippen LogP contribution in [0.4, 0.5) is 0 Å². The fourth-order valence-corrected chi connectivity index (χ4v) is 2.92. The summed E-state index contributed by atoms with van der Waals surface area (Å²) in [6, 6.07) is 0. The van der Waals surface area contributed by atoms with E-state index in [0.717, 1.165) is 18.3 Å².